The molecule has 1 amide bonds. The number of phenols is 1. The van der Waals surface area contributed by atoms with Crippen LogP contribution in [0.4, 0.5) is 0 Å². The van der Waals surface area contributed by atoms with Gasteiger partial charge >= 0.3 is 0 Å². The Balaban J connectivity index is 2.10. The van der Waals surface area contributed by atoms with Crippen molar-refractivity contribution in [1.29, 1.82) is 0 Å². The summed E-state index contributed by atoms with van der Waals surface area (Å²) in [5, 5.41) is 13.7. The number of rotatable bonds is 3. The molecule has 0 aliphatic heterocycles. The number of amides is 1. The van der Waals surface area contributed by atoms with E-state index in [1.54, 1.807) is 24.3 Å². The highest BCUT2D eigenvalue weighted by atomic mass is 79.9. The van der Waals surface area contributed by atoms with Crippen LogP contribution in [-0.4, -0.2) is 22.2 Å². The van der Waals surface area contributed by atoms with Crippen LogP contribution < -0.4 is 5.43 Å². The number of aromatic nitrogens is 1. The number of carbonyl (C=O) groups is 1. The summed E-state index contributed by atoms with van der Waals surface area (Å²) in [6.07, 6.45) is 4.34. The Hall–Kier alpha value is -1.92. The molecule has 0 radical (unpaired) electrons. The summed E-state index contributed by atoms with van der Waals surface area (Å²) < 4.78 is 0.696. The maximum absolute atomic E-state index is 11.7. The van der Waals surface area contributed by atoms with Crippen molar-refractivity contribution in [2.24, 2.45) is 5.10 Å². The van der Waals surface area contributed by atoms with Crippen molar-refractivity contribution in [3.8, 4) is 5.75 Å². The second-order valence-electron chi connectivity index (χ2n) is 3.76. The van der Waals surface area contributed by atoms with Gasteiger partial charge in [-0.1, -0.05) is 27.5 Å². The predicted molar refractivity (Wildman–Crippen MR) is 80.1 cm³/mol. The van der Waals surface area contributed by atoms with Crippen LogP contribution in [0.15, 0.2) is 46.2 Å². The first kappa shape index (κ1) is 14.5. The van der Waals surface area contributed by atoms with Gasteiger partial charge in [0.05, 0.1) is 11.2 Å². The smallest absolute Gasteiger partial charge is 0.271 e. The van der Waals surface area contributed by atoms with Crippen molar-refractivity contribution in [2.75, 3.05) is 0 Å². The third kappa shape index (κ3) is 3.55. The van der Waals surface area contributed by atoms with Gasteiger partial charge in [-0.25, -0.2) is 5.43 Å². The molecule has 0 spiro atoms. The second kappa shape index (κ2) is 6.49. The van der Waals surface area contributed by atoms with Crippen LogP contribution in [0, 0.1) is 0 Å². The number of nitrogens with one attached hydrogen (secondary N) is 1. The van der Waals surface area contributed by atoms with Crippen LogP contribution in [0.1, 0.15) is 15.9 Å². The number of halogens is 2. The van der Waals surface area contributed by atoms with E-state index in [0.717, 1.165) is 0 Å². The zero-order valence-corrected chi connectivity index (χ0v) is 12.4. The Labute approximate surface area is 128 Å². The molecule has 0 aliphatic rings. The number of nitrogens with zero attached hydrogens (tertiary/aromatic N) is 2. The summed E-state index contributed by atoms with van der Waals surface area (Å²) in [4.78, 5) is 15.5. The number of aromatic hydroxyl groups is 1. The van der Waals surface area contributed by atoms with Crippen LogP contribution >= 0.6 is 27.5 Å². The lowest BCUT2D eigenvalue weighted by atomic mass is 10.2. The van der Waals surface area contributed by atoms with Crippen molar-refractivity contribution in [1.82, 2.24) is 10.4 Å². The Morgan fingerprint density at radius 3 is 2.80 bits per heavy atom. The fraction of sp³-hybridized carbons (Fsp3) is 0. The normalized spacial score (nSPS) is 10.7. The molecule has 1 aromatic carbocycles. The molecule has 5 nitrogen and oxygen atoms in total. The van der Waals surface area contributed by atoms with E-state index in [4.69, 9.17) is 11.6 Å². The van der Waals surface area contributed by atoms with E-state index in [0.29, 0.717) is 15.6 Å². The minimum absolute atomic E-state index is 0.100. The molecule has 0 saturated carbocycles. The average Bonchev–Trinajstić information content (AvgIpc) is 2.44. The largest absolute Gasteiger partial charge is 0.506 e. The van der Waals surface area contributed by atoms with Gasteiger partial charge in [0.1, 0.15) is 5.75 Å². The van der Waals surface area contributed by atoms with Crippen LogP contribution in [0.5, 0.6) is 5.75 Å². The number of hydrazone groups is 1. The van der Waals surface area contributed by atoms with Gasteiger partial charge in [-0.3, -0.25) is 9.78 Å². The molecule has 2 N–H and O–H groups in total. The van der Waals surface area contributed by atoms with Gasteiger partial charge in [0.25, 0.3) is 5.91 Å². The number of hydrogen-bond acceptors (Lipinski definition) is 4. The van der Waals surface area contributed by atoms with E-state index < -0.39 is 0 Å². The number of benzene rings is 1. The molecule has 2 aromatic rings. The van der Waals surface area contributed by atoms with Crippen molar-refractivity contribution in [3.05, 3.63) is 57.3 Å². The van der Waals surface area contributed by atoms with Crippen molar-refractivity contribution in [3.63, 3.8) is 0 Å². The fourth-order valence-electron chi connectivity index (χ4n) is 1.41. The van der Waals surface area contributed by atoms with Gasteiger partial charge in [-0.15, -0.1) is 0 Å². The fourth-order valence-corrected chi connectivity index (χ4v) is 2.25. The molecular weight excluding hydrogens is 346 g/mol. The zero-order chi connectivity index (χ0) is 14.5. The van der Waals surface area contributed by atoms with Gasteiger partial charge < -0.3 is 5.11 Å². The molecule has 20 heavy (non-hydrogen) atoms. The third-order valence-corrected chi connectivity index (χ3v) is 3.12. The van der Waals surface area contributed by atoms with E-state index in [-0.39, 0.29) is 16.7 Å². The first-order chi connectivity index (χ1) is 9.58. The van der Waals surface area contributed by atoms with Gasteiger partial charge in [0.15, 0.2) is 0 Å². The van der Waals surface area contributed by atoms with Crippen LogP contribution in [0.2, 0.25) is 5.02 Å². The summed E-state index contributed by atoms with van der Waals surface area (Å²) in [6, 6.07) is 6.32. The number of pyridine rings is 1. The number of phenolic OH excluding ortho intramolecular Hbond substituents is 1. The molecule has 0 unspecified atom stereocenters. The van der Waals surface area contributed by atoms with Crippen molar-refractivity contribution in [2.45, 2.75) is 0 Å². The first-order valence-corrected chi connectivity index (χ1v) is 6.66. The molecule has 1 aromatic heterocycles. The van der Waals surface area contributed by atoms with Gasteiger partial charge in [0, 0.05) is 28.0 Å². The quantitative estimate of drug-likeness (QED) is 0.657. The Bertz CT molecular complexity index is 662. The van der Waals surface area contributed by atoms with Gasteiger partial charge in [-0.2, -0.15) is 5.10 Å². The molecule has 0 atom stereocenters. The summed E-state index contributed by atoms with van der Waals surface area (Å²) in [6.45, 7) is 0. The molecule has 2 rings (SSSR count). The predicted octanol–water partition coefficient (Wildman–Crippen LogP) is 2.97. The standard InChI is InChI=1S/C13H9BrClN3O2/c14-10-5-9(12(19)11(15)6-10)7-17-18-13(20)8-1-3-16-4-2-8/h1-7,19H,(H,18,20)/b17-7-. The Morgan fingerprint density at radius 2 is 2.10 bits per heavy atom. The van der Waals surface area contributed by atoms with Gasteiger partial charge in [-0.05, 0) is 24.3 Å². The monoisotopic (exact) mass is 353 g/mol. The highest BCUT2D eigenvalue weighted by Crippen LogP contribution is 2.30. The Morgan fingerprint density at radius 1 is 1.40 bits per heavy atom. The lowest BCUT2D eigenvalue weighted by Gasteiger charge is -2.03. The minimum Gasteiger partial charge on any atom is -0.506 e. The average molecular weight is 355 g/mol. The summed E-state index contributed by atoms with van der Waals surface area (Å²) in [7, 11) is 0. The van der Waals surface area contributed by atoms with Crippen LogP contribution in [0.3, 0.4) is 0 Å². The number of carbonyl (C=O) groups excluding carboxylic acids is 1. The summed E-state index contributed by atoms with van der Waals surface area (Å²) in [5.74, 6) is -0.471. The molecule has 0 aliphatic carbocycles. The maximum atomic E-state index is 11.7. The highest BCUT2D eigenvalue weighted by Gasteiger charge is 2.06. The van der Waals surface area contributed by atoms with E-state index in [1.165, 1.54) is 18.6 Å². The number of hydrogen-bond donors (Lipinski definition) is 2. The molecular formula is C13H9BrClN3O2. The van der Waals surface area contributed by atoms with Crippen LogP contribution in [-0.2, 0) is 0 Å². The summed E-state index contributed by atoms with van der Waals surface area (Å²) in [5.41, 5.74) is 3.17. The Kier molecular flexibility index (Phi) is 4.70. The molecule has 7 heteroatoms. The lowest BCUT2D eigenvalue weighted by Crippen LogP contribution is -2.17. The van der Waals surface area contributed by atoms with E-state index in [1.807, 2.05) is 0 Å². The second-order valence-corrected chi connectivity index (χ2v) is 5.08. The maximum Gasteiger partial charge on any atom is 0.271 e. The molecule has 1 heterocycles. The zero-order valence-electron chi connectivity index (χ0n) is 10.0. The van der Waals surface area contributed by atoms with Crippen LogP contribution in [0.25, 0.3) is 0 Å². The highest BCUT2D eigenvalue weighted by molar-refractivity contribution is 9.10. The van der Waals surface area contributed by atoms with Crippen molar-refractivity contribution >= 4 is 39.7 Å². The van der Waals surface area contributed by atoms with E-state index in [9.17, 15) is 9.90 Å². The topological polar surface area (TPSA) is 74.6 Å². The molecule has 0 bridgehead atoms. The first-order valence-electron chi connectivity index (χ1n) is 5.49. The van der Waals surface area contributed by atoms with E-state index >= 15 is 0 Å². The van der Waals surface area contributed by atoms with Crippen molar-refractivity contribution < 1.29 is 9.90 Å². The lowest BCUT2D eigenvalue weighted by molar-refractivity contribution is 0.0955. The minimum atomic E-state index is -0.371. The molecule has 0 fully saturated rings. The van der Waals surface area contributed by atoms with E-state index in [2.05, 4.69) is 31.4 Å². The molecule has 0 saturated heterocycles. The van der Waals surface area contributed by atoms with Gasteiger partial charge in [0.2, 0.25) is 0 Å². The molecule has 102 valence electrons. The summed E-state index contributed by atoms with van der Waals surface area (Å²) >= 11 is 9.07. The third-order valence-electron chi connectivity index (χ3n) is 2.37. The SMILES string of the molecule is O=C(N/N=C\c1cc(Br)cc(Cl)c1O)c1ccncc1.